The van der Waals surface area contributed by atoms with E-state index < -0.39 is 30.8 Å². The fourth-order valence-electron chi connectivity index (χ4n) is 5.49. The van der Waals surface area contributed by atoms with Crippen molar-refractivity contribution >= 4 is 29.9 Å². The van der Waals surface area contributed by atoms with Crippen molar-refractivity contribution in [1.82, 2.24) is 35.1 Å². The van der Waals surface area contributed by atoms with E-state index in [0.29, 0.717) is 34.8 Å². The Bertz CT molecular complexity index is 2110. The van der Waals surface area contributed by atoms with Gasteiger partial charge in [0.05, 0.1) is 18.6 Å². The molecule has 2 unspecified atom stereocenters. The quantitative estimate of drug-likeness (QED) is 0.0384. The summed E-state index contributed by atoms with van der Waals surface area (Å²) in [5.74, 6) is 0.108. The molecule has 0 aliphatic rings. The zero-order chi connectivity index (χ0) is 40.9. The van der Waals surface area contributed by atoms with Crippen LogP contribution in [0.1, 0.15) is 79.8 Å². The van der Waals surface area contributed by atoms with Crippen molar-refractivity contribution in [1.29, 1.82) is 0 Å². The Morgan fingerprint density at radius 1 is 0.825 bits per heavy atom. The Hall–Kier alpha value is -5.92. The fraction of sp³-hybridized carbons (Fsp3) is 0.342. The number of imidazole rings is 1. The predicted octanol–water partition coefficient (Wildman–Crippen LogP) is 7.31. The van der Waals surface area contributed by atoms with Gasteiger partial charge in [0.25, 0.3) is 0 Å². The van der Waals surface area contributed by atoms with Crippen molar-refractivity contribution < 1.29 is 53.3 Å². The van der Waals surface area contributed by atoms with Crippen molar-refractivity contribution in [3.8, 4) is 22.5 Å². The molecule has 19 heteroatoms. The number of benzene rings is 3. The van der Waals surface area contributed by atoms with Crippen molar-refractivity contribution in [2.24, 2.45) is 0 Å². The van der Waals surface area contributed by atoms with E-state index in [9.17, 15) is 14.4 Å². The van der Waals surface area contributed by atoms with E-state index in [1.807, 2.05) is 55.5 Å². The highest BCUT2D eigenvalue weighted by molar-refractivity contribution is 6.32. The molecule has 2 heterocycles. The van der Waals surface area contributed by atoms with Crippen molar-refractivity contribution in [2.45, 2.75) is 79.2 Å². The number of unbranched alkanes of at least 4 members (excludes halogenated alkanes) is 1. The summed E-state index contributed by atoms with van der Waals surface area (Å²) in [6, 6.07) is 21.9. The number of esters is 1. The minimum atomic E-state index is -1.23. The first-order valence-electron chi connectivity index (χ1n) is 17.9. The Balaban J connectivity index is 1.25. The largest absolute Gasteiger partial charge is 0.511 e. The number of halogens is 1. The average molecular weight is 808 g/mol. The highest BCUT2D eigenvalue weighted by Gasteiger charge is 2.26. The SMILES string of the molecule is CCCCc1nc(Cl)c(C(=O)OC(C)OC(=O)OCC)n1Cc1ccc(-c2ccccc2-c2nnn(C(C)OC(=O)OCc3ccc(CON(O)O)cc3)n2)cc1. The van der Waals surface area contributed by atoms with Crippen LogP contribution in [0.3, 0.4) is 0 Å². The standard InChI is InChI=1S/C38H42ClN7O11/c1-5-7-12-32-40-34(39)33(36(47)56-25(4)57-37(48)52-6-2)44(32)21-26-17-19-29(20-18-26)30-10-8-9-11-31(30)35-41-43-45(42-35)24(3)55-38(49)53-22-27-13-15-28(16-14-27)23-54-46(50)51/h8-11,13-20,24-25,50-51H,5-7,12,21-23H2,1-4H3. The second kappa shape index (κ2) is 20.3. The van der Waals surface area contributed by atoms with Crippen LogP contribution in [-0.4, -0.2) is 76.7 Å². The van der Waals surface area contributed by atoms with Gasteiger partial charge in [0, 0.05) is 25.5 Å². The summed E-state index contributed by atoms with van der Waals surface area (Å²) in [6.45, 7) is 6.87. The van der Waals surface area contributed by atoms with Gasteiger partial charge in [0.15, 0.2) is 10.8 Å². The van der Waals surface area contributed by atoms with Crippen LogP contribution < -0.4 is 0 Å². The molecule has 0 saturated heterocycles. The van der Waals surface area contributed by atoms with Crippen LogP contribution in [0.4, 0.5) is 9.59 Å². The lowest BCUT2D eigenvalue weighted by molar-refractivity contribution is -0.497. The second-order valence-corrected chi connectivity index (χ2v) is 12.8. The molecule has 18 nitrogen and oxygen atoms in total. The fourth-order valence-corrected chi connectivity index (χ4v) is 5.77. The van der Waals surface area contributed by atoms with Gasteiger partial charge in [0.2, 0.25) is 18.3 Å². The zero-order valence-electron chi connectivity index (χ0n) is 31.6. The van der Waals surface area contributed by atoms with Crippen LogP contribution in [0.25, 0.3) is 22.5 Å². The number of carbonyl (C=O) groups is 3. The Labute approximate surface area is 332 Å². The third kappa shape index (κ3) is 11.8. The van der Waals surface area contributed by atoms with Crippen LogP contribution in [0.5, 0.6) is 0 Å². The normalized spacial score (nSPS) is 12.2. The number of rotatable bonds is 18. The molecule has 2 atom stereocenters. The Morgan fingerprint density at radius 3 is 2.14 bits per heavy atom. The maximum Gasteiger partial charge on any atom is 0.511 e. The summed E-state index contributed by atoms with van der Waals surface area (Å²) < 4.78 is 27.4. The van der Waals surface area contributed by atoms with Crippen LogP contribution in [0.2, 0.25) is 5.15 Å². The number of tetrazole rings is 1. The number of ether oxygens (including phenoxy) is 5. The smallest absolute Gasteiger partial charge is 0.435 e. The first-order chi connectivity index (χ1) is 27.4. The van der Waals surface area contributed by atoms with Gasteiger partial charge in [-0.25, -0.2) is 24.2 Å². The molecule has 57 heavy (non-hydrogen) atoms. The van der Waals surface area contributed by atoms with E-state index in [-0.39, 0.29) is 42.6 Å². The van der Waals surface area contributed by atoms with Gasteiger partial charge in [-0.05, 0) is 53.3 Å². The molecule has 2 N–H and O–H groups in total. The van der Waals surface area contributed by atoms with Gasteiger partial charge in [0.1, 0.15) is 12.4 Å². The van der Waals surface area contributed by atoms with Gasteiger partial charge in [-0.2, -0.15) is 0 Å². The molecule has 0 aliphatic heterocycles. The predicted molar refractivity (Wildman–Crippen MR) is 199 cm³/mol. The minimum absolute atomic E-state index is 0.0208. The van der Waals surface area contributed by atoms with Gasteiger partial charge >= 0.3 is 18.3 Å². The van der Waals surface area contributed by atoms with Gasteiger partial charge in [-0.1, -0.05) is 97.7 Å². The molecule has 0 amide bonds. The monoisotopic (exact) mass is 807 g/mol. The first-order valence-corrected chi connectivity index (χ1v) is 18.3. The molecule has 5 aromatic rings. The van der Waals surface area contributed by atoms with E-state index in [1.165, 1.54) is 6.92 Å². The van der Waals surface area contributed by atoms with Gasteiger partial charge in [-0.15, -0.1) is 15.0 Å². The summed E-state index contributed by atoms with van der Waals surface area (Å²) in [5.41, 5.74) is 4.55. The van der Waals surface area contributed by atoms with Crippen LogP contribution in [0, 0.1) is 0 Å². The molecular weight excluding hydrogens is 766 g/mol. The van der Waals surface area contributed by atoms with E-state index in [2.05, 4.69) is 25.2 Å². The molecule has 0 aliphatic carbocycles. The maximum absolute atomic E-state index is 13.3. The summed E-state index contributed by atoms with van der Waals surface area (Å²) in [5, 5.41) is 29.7. The van der Waals surface area contributed by atoms with Crippen molar-refractivity contribution in [3.05, 3.63) is 106 Å². The van der Waals surface area contributed by atoms with Gasteiger partial charge in [-0.3, -0.25) is 10.4 Å². The summed E-state index contributed by atoms with van der Waals surface area (Å²) in [6.07, 6.45) is -1.78. The maximum atomic E-state index is 13.3. The van der Waals surface area contributed by atoms with E-state index in [0.717, 1.165) is 34.3 Å². The Kier molecular flexibility index (Phi) is 15.0. The molecule has 0 radical (unpaired) electrons. The highest BCUT2D eigenvalue weighted by atomic mass is 35.5. The third-order valence-corrected chi connectivity index (χ3v) is 8.53. The topological polar surface area (TPSA) is 212 Å². The van der Waals surface area contributed by atoms with E-state index >= 15 is 0 Å². The molecule has 0 saturated carbocycles. The summed E-state index contributed by atoms with van der Waals surface area (Å²) in [7, 11) is 0. The molecule has 3 aromatic carbocycles. The van der Waals surface area contributed by atoms with Crippen molar-refractivity contribution in [3.63, 3.8) is 0 Å². The molecule has 0 fully saturated rings. The number of aryl methyl sites for hydroxylation is 1. The average Bonchev–Trinajstić information content (AvgIpc) is 3.80. The number of carbonyl (C=O) groups excluding carboxylic acids is 3. The van der Waals surface area contributed by atoms with Crippen LogP contribution >= 0.6 is 11.6 Å². The summed E-state index contributed by atoms with van der Waals surface area (Å²) in [4.78, 5) is 47.6. The lowest BCUT2D eigenvalue weighted by atomic mass is 9.98. The molecule has 2 aromatic heterocycles. The minimum Gasteiger partial charge on any atom is -0.435 e. The van der Waals surface area contributed by atoms with E-state index in [1.54, 1.807) is 42.7 Å². The van der Waals surface area contributed by atoms with Gasteiger partial charge < -0.3 is 28.3 Å². The zero-order valence-corrected chi connectivity index (χ0v) is 32.4. The molecule has 5 rings (SSSR count). The molecule has 302 valence electrons. The molecule has 0 bridgehead atoms. The lowest BCUT2D eigenvalue weighted by Crippen LogP contribution is -2.24. The first kappa shape index (κ1) is 42.2. The summed E-state index contributed by atoms with van der Waals surface area (Å²) >= 11 is 6.48. The second-order valence-electron chi connectivity index (χ2n) is 12.4. The number of hydrogen-bond donors (Lipinski definition) is 2. The number of aromatic nitrogens is 6. The Morgan fingerprint density at radius 2 is 1.47 bits per heavy atom. The number of hydrogen-bond acceptors (Lipinski definition) is 16. The third-order valence-electron chi connectivity index (χ3n) is 8.27. The number of nitrogens with zero attached hydrogens (tertiary/aromatic N) is 7. The molecule has 0 spiro atoms. The lowest BCUT2D eigenvalue weighted by Gasteiger charge is -2.16. The van der Waals surface area contributed by atoms with Crippen LogP contribution in [0.15, 0.2) is 72.8 Å². The van der Waals surface area contributed by atoms with E-state index in [4.69, 9.17) is 45.7 Å². The van der Waals surface area contributed by atoms with Crippen molar-refractivity contribution in [2.75, 3.05) is 6.61 Å². The van der Waals surface area contributed by atoms with Crippen LogP contribution in [-0.2, 0) is 54.7 Å². The molecular formula is C38H42ClN7O11. The highest BCUT2D eigenvalue weighted by Crippen LogP contribution is 2.31.